The van der Waals surface area contributed by atoms with Crippen molar-refractivity contribution >= 4 is 32.6 Å². The third-order valence-corrected chi connectivity index (χ3v) is 5.29. The van der Waals surface area contributed by atoms with Crippen LogP contribution in [0, 0.1) is 12.7 Å². The molecule has 0 aliphatic rings. The molecule has 0 bridgehead atoms. The molecule has 2 N–H and O–H groups in total. The molecule has 7 nitrogen and oxygen atoms in total. The van der Waals surface area contributed by atoms with Gasteiger partial charge in [0, 0.05) is 11.8 Å². The molecule has 2 aromatic carbocycles. The molecular weight excluding hydrogens is 395 g/mol. The fraction of sp³-hybridized carbons (Fsp3) is 0.100. The maximum absolute atomic E-state index is 13.9. The third kappa shape index (κ3) is 3.72. The zero-order chi connectivity index (χ0) is 20.5. The van der Waals surface area contributed by atoms with Crippen LogP contribution in [0.5, 0.6) is 0 Å². The molecule has 2 aromatic heterocycles. The molecular formula is C20H15FN4O3S. The smallest absolute Gasteiger partial charge is 0.313 e. The standard InChI is InChI=1S/C20H15FN4O3S/c1-11-6-7-15-16(8-11)29-19(23-15)24-17(26)13-9-22-20(28)25(18(13)27)10-12-4-2-3-5-14(12)21/h2-9H,10H2,1H3,(H,22,28)(H,23,24,26). The maximum Gasteiger partial charge on any atom is 0.328 e. The SMILES string of the molecule is Cc1ccc2nc(NC(=O)c3c[nH]c(=O)n(Cc4ccccc4F)c3=O)sc2c1. The molecule has 2 heterocycles. The number of aromatic nitrogens is 3. The molecule has 0 aliphatic heterocycles. The van der Waals surface area contributed by atoms with Crippen molar-refractivity contribution in [1.29, 1.82) is 0 Å². The van der Waals surface area contributed by atoms with Crippen molar-refractivity contribution in [2.24, 2.45) is 0 Å². The minimum atomic E-state index is -0.813. The van der Waals surface area contributed by atoms with Gasteiger partial charge in [0.25, 0.3) is 11.5 Å². The summed E-state index contributed by atoms with van der Waals surface area (Å²) in [6.07, 6.45) is 1.05. The molecule has 4 aromatic rings. The average molecular weight is 410 g/mol. The Kier molecular flexibility index (Phi) is 4.81. The second-order valence-electron chi connectivity index (χ2n) is 6.43. The maximum atomic E-state index is 13.9. The number of rotatable bonds is 4. The Morgan fingerprint density at radius 3 is 2.83 bits per heavy atom. The topological polar surface area (TPSA) is 96.8 Å². The first-order valence-electron chi connectivity index (χ1n) is 8.67. The molecule has 0 aliphatic carbocycles. The zero-order valence-electron chi connectivity index (χ0n) is 15.2. The number of nitrogens with zero attached hydrogens (tertiary/aromatic N) is 2. The van der Waals surface area contributed by atoms with Gasteiger partial charge in [-0.1, -0.05) is 35.6 Å². The number of fused-ring (bicyclic) bond motifs is 1. The predicted molar refractivity (Wildman–Crippen MR) is 109 cm³/mol. The van der Waals surface area contributed by atoms with Crippen LogP contribution in [0.4, 0.5) is 9.52 Å². The van der Waals surface area contributed by atoms with Crippen molar-refractivity contribution in [3.63, 3.8) is 0 Å². The van der Waals surface area contributed by atoms with E-state index in [-0.39, 0.29) is 17.7 Å². The van der Waals surface area contributed by atoms with E-state index in [1.54, 1.807) is 6.07 Å². The van der Waals surface area contributed by atoms with Crippen molar-refractivity contribution in [1.82, 2.24) is 14.5 Å². The molecule has 0 spiro atoms. The van der Waals surface area contributed by atoms with Crippen LogP contribution in [0.1, 0.15) is 21.5 Å². The van der Waals surface area contributed by atoms with Crippen molar-refractivity contribution in [2.75, 3.05) is 5.32 Å². The van der Waals surface area contributed by atoms with Gasteiger partial charge in [-0.2, -0.15) is 0 Å². The summed E-state index contributed by atoms with van der Waals surface area (Å²) in [5, 5.41) is 2.92. The van der Waals surface area contributed by atoms with Crippen LogP contribution < -0.4 is 16.6 Å². The van der Waals surface area contributed by atoms with Gasteiger partial charge in [0.05, 0.1) is 16.8 Å². The van der Waals surface area contributed by atoms with Gasteiger partial charge in [0.15, 0.2) is 5.13 Å². The van der Waals surface area contributed by atoms with Crippen LogP contribution in [0.15, 0.2) is 58.3 Å². The van der Waals surface area contributed by atoms with Crippen LogP contribution in [-0.4, -0.2) is 20.4 Å². The molecule has 4 rings (SSSR count). The van der Waals surface area contributed by atoms with E-state index < -0.39 is 23.0 Å². The summed E-state index contributed by atoms with van der Waals surface area (Å²) < 4.78 is 15.6. The lowest BCUT2D eigenvalue weighted by atomic mass is 10.2. The van der Waals surface area contributed by atoms with Gasteiger partial charge in [0.2, 0.25) is 0 Å². The first kappa shape index (κ1) is 18.8. The second kappa shape index (κ2) is 7.44. The van der Waals surface area contributed by atoms with Gasteiger partial charge < -0.3 is 4.98 Å². The highest BCUT2D eigenvalue weighted by Gasteiger charge is 2.17. The first-order valence-corrected chi connectivity index (χ1v) is 9.48. The van der Waals surface area contributed by atoms with Gasteiger partial charge in [-0.25, -0.2) is 14.2 Å². The number of aromatic amines is 1. The molecule has 9 heteroatoms. The number of hydrogen-bond acceptors (Lipinski definition) is 5. The van der Waals surface area contributed by atoms with Crippen LogP contribution in [-0.2, 0) is 6.54 Å². The van der Waals surface area contributed by atoms with E-state index in [4.69, 9.17) is 0 Å². The van der Waals surface area contributed by atoms with Gasteiger partial charge in [-0.15, -0.1) is 0 Å². The summed E-state index contributed by atoms with van der Waals surface area (Å²) in [5.41, 5.74) is 0.150. The fourth-order valence-corrected chi connectivity index (χ4v) is 3.82. The van der Waals surface area contributed by atoms with Crippen molar-refractivity contribution < 1.29 is 9.18 Å². The number of carbonyl (C=O) groups excluding carboxylic acids is 1. The number of aryl methyl sites for hydroxylation is 1. The predicted octanol–water partition coefficient (Wildman–Crippen LogP) is 2.89. The van der Waals surface area contributed by atoms with E-state index in [0.717, 1.165) is 26.5 Å². The summed E-state index contributed by atoms with van der Waals surface area (Å²) in [4.78, 5) is 44.1. The lowest BCUT2D eigenvalue weighted by molar-refractivity contribution is 0.102. The molecule has 0 radical (unpaired) electrons. The number of nitrogens with one attached hydrogen (secondary N) is 2. The molecule has 29 heavy (non-hydrogen) atoms. The quantitative estimate of drug-likeness (QED) is 0.541. The highest BCUT2D eigenvalue weighted by molar-refractivity contribution is 7.22. The number of halogens is 1. The molecule has 0 saturated carbocycles. The second-order valence-corrected chi connectivity index (χ2v) is 7.47. The molecule has 0 fully saturated rings. The van der Waals surface area contributed by atoms with E-state index in [1.807, 2.05) is 25.1 Å². The molecule has 0 unspecified atom stereocenters. The molecule has 146 valence electrons. The summed E-state index contributed by atoms with van der Waals surface area (Å²) in [6.45, 7) is 1.66. The van der Waals surface area contributed by atoms with Crippen molar-refractivity contribution in [3.05, 3.63) is 92.0 Å². The Morgan fingerprint density at radius 2 is 2.03 bits per heavy atom. The number of carbonyl (C=O) groups is 1. The lowest BCUT2D eigenvalue weighted by Crippen LogP contribution is -2.39. The number of H-pyrrole nitrogens is 1. The molecule has 0 saturated heterocycles. The average Bonchev–Trinajstić information content (AvgIpc) is 3.07. The summed E-state index contributed by atoms with van der Waals surface area (Å²) in [5.74, 6) is -1.25. The van der Waals surface area contributed by atoms with Crippen molar-refractivity contribution in [2.45, 2.75) is 13.5 Å². The fourth-order valence-electron chi connectivity index (χ4n) is 2.86. The van der Waals surface area contributed by atoms with Crippen molar-refractivity contribution in [3.8, 4) is 0 Å². The van der Waals surface area contributed by atoms with Gasteiger partial charge in [0.1, 0.15) is 11.4 Å². The summed E-state index contributed by atoms with van der Waals surface area (Å²) in [6, 6.07) is 11.5. The highest BCUT2D eigenvalue weighted by atomic mass is 32.1. The van der Waals surface area contributed by atoms with E-state index in [1.165, 1.54) is 29.5 Å². The van der Waals surface area contributed by atoms with E-state index >= 15 is 0 Å². The van der Waals surface area contributed by atoms with Gasteiger partial charge in [-0.05, 0) is 30.7 Å². The Bertz CT molecular complexity index is 1360. The minimum Gasteiger partial charge on any atom is -0.313 e. The van der Waals surface area contributed by atoms with Crippen LogP contribution in [0.25, 0.3) is 10.2 Å². The molecule has 1 amide bonds. The number of benzene rings is 2. The Morgan fingerprint density at radius 1 is 1.24 bits per heavy atom. The van der Waals surface area contributed by atoms with E-state index in [0.29, 0.717) is 5.13 Å². The first-order chi connectivity index (χ1) is 13.9. The van der Waals surface area contributed by atoms with Crippen LogP contribution in [0.2, 0.25) is 0 Å². The minimum absolute atomic E-state index is 0.166. The van der Waals surface area contributed by atoms with Gasteiger partial charge in [-0.3, -0.25) is 19.5 Å². The Balaban J connectivity index is 1.65. The lowest BCUT2D eigenvalue weighted by Gasteiger charge is -2.08. The third-order valence-electron chi connectivity index (χ3n) is 4.36. The largest absolute Gasteiger partial charge is 0.328 e. The zero-order valence-corrected chi connectivity index (χ0v) is 16.0. The molecule has 0 atom stereocenters. The van der Waals surface area contributed by atoms with Gasteiger partial charge >= 0.3 is 5.69 Å². The Labute approximate surface area is 167 Å². The van der Waals surface area contributed by atoms with Crippen LogP contribution >= 0.6 is 11.3 Å². The van der Waals surface area contributed by atoms with Crippen LogP contribution in [0.3, 0.4) is 0 Å². The number of anilines is 1. The van der Waals surface area contributed by atoms with E-state index in [2.05, 4.69) is 15.3 Å². The van der Waals surface area contributed by atoms with E-state index in [9.17, 15) is 18.8 Å². The summed E-state index contributed by atoms with van der Waals surface area (Å²) >= 11 is 1.28. The monoisotopic (exact) mass is 410 g/mol. The summed E-state index contributed by atoms with van der Waals surface area (Å²) in [7, 11) is 0. The normalized spacial score (nSPS) is 11.0. The number of hydrogen-bond donors (Lipinski definition) is 2. The number of thiazole rings is 1. The Hall–Kier alpha value is -3.59. The number of amides is 1. The highest BCUT2D eigenvalue weighted by Crippen LogP contribution is 2.26.